The van der Waals surface area contributed by atoms with Crippen LogP contribution in [-0.4, -0.2) is 279 Å². The fourth-order valence-electron chi connectivity index (χ4n) is 13.5. The minimum atomic E-state index is -5.67. The van der Waals surface area contributed by atoms with E-state index in [1.54, 1.807) is 76.9 Å². The SMILES string of the molecule is CCC(C)C(C(CC(=O)N1CCCC1C(OC)C(C)C(=O)NC(Cc1ccccc1)C(=O)O)OC)N(C)C(=O)C(NC(=O)C(C(C)C)N(C)C(=O)CCCCCNC(=O)CC(SCCNC(=O)CCNC(=O)C(O)C(C)(C)COP(=O)(O)OP(=O)(O)OCC1OC(n2cnc3c(N)ncnc32)C(O)C1OP(=O)(O)O)C(=O)O)C(C)C. The molecule has 2 aliphatic heterocycles. The summed E-state index contributed by atoms with van der Waals surface area (Å²) in [5, 5.41) is 53.6. The molecule has 5 rings (SSSR count). The van der Waals surface area contributed by atoms with E-state index in [4.69, 9.17) is 29.0 Å². The number of nitrogens with one attached hydrogen (secondary N) is 5. The van der Waals surface area contributed by atoms with Gasteiger partial charge in [0.1, 0.15) is 59.6 Å². The number of thioether (sulfide) groups is 1. The van der Waals surface area contributed by atoms with Gasteiger partial charge in [-0.05, 0) is 49.0 Å². The molecule has 648 valence electrons. The Hall–Kier alpha value is -7.21. The molecule has 115 heavy (non-hydrogen) atoms. The molecule has 0 saturated carbocycles. The number of anilines is 1. The number of hydrogen-bond donors (Lipinski definition) is 14. The number of likely N-dealkylation sites (N-methyl/N-ethyl adjacent to an activating group) is 2. The molecule has 2 saturated heterocycles. The average molecular weight is 1710 g/mol. The maximum absolute atomic E-state index is 14.8. The Kier molecular flexibility index (Phi) is 38.6. The third-order valence-corrected chi connectivity index (χ3v) is 24.3. The van der Waals surface area contributed by atoms with E-state index >= 15 is 0 Å². The van der Waals surface area contributed by atoms with Crippen LogP contribution in [0.2, 0.25) is 0 Å². The summed E-state index contributed by atoms with van der Waals surface area (Å²) in [7, 11) is -10.7. The van der Waals surface area contributed by atoms with Crippen LogP contribution < -0.4 is 32.3 Å². The molecule has 17 atom stereocenters. The molecule has 41 nitrogen and oxygen atoms in total. The highest BCUT2D eigenvalue weighted by atomic mass is 32.2. The fraction of sp³-hybridized carbons (Fsp3) is 0.700. The normalized spacial score (nSPS) is 20.3. The molecule has 45 heteroatoms. The lowest BCUT2D eigenvalue weighted by molar-refractivity contribution is -0.149. The minimum absolute atomic E-state index is 0.00450. The minimum Gasteiger partial charge on any atom is -0.480 e. The van der Waals surface area contributed by atoms with Crippen molar-refractivity contribution in [1.82, 2.24) is 60.8 Å². The molecule has 0 aliphatic carbocycles. The number of aliphatic hydroxyl groups excluding tert-OH is 2. The first-order valence-electron chi connectivity index (χ1n) is 37.6. The molecule has 0 radical (unpaired) electrons. The molecule has 2 aromatic heterocycles. The highest BCUT2D eigenvalue weighted by Gasteiger charge is 2.51. The van der Waals surface area contributed by atoms with Crippen LogP contribution in [0, 0.1) is 29.1 Å². The number of imidazole rings is 1. The molecular weight excluding hydrogens is 1600 g/mol. The van der Waals surface area contributed by atoms with Crippen molar-refractivity contribution < 1.29 is 134 Å². The molecule has 2 aliphatic rings. The lowest BCUT2D eigenvalue weighted by Gasteiger charge is -2.41. The zero-order valence-electron chi connectivity index (χ0n) is 66.8. The standard InChI is InChI=1S/C70H114N13O28P3S/c1-14-41(6)56(46(105-12)33-52(87)82-30-21-24-45(82)58(106-13)42(7)63(90)78-44(68(94)95)32-43-22-17-15-18-23-43)81(11)66(93)53(39(2)3)79-64(91)55(40(4)5)80(10)51(86)25-19-16-20-27-72-50(85)34-48(69(96)97)115-31-29-73-49(84)26-28-74-65(92)60(89)70(8,9)36-108-114(103,104)111-113(101,102)107-35-47-59(110-112(98,99)100)57(88)67(109-47)83-38-77-54-61(71)75-37-76-62(54)83/h15,17-18,22-23,37-42,44-48,53,55-60,67,88-89H,14,16,19-21,24-36H2,1-13H3,(H,72,85)(H,73,84)(H,74,92)(H,78,90)(H,79,91)(H,94,95)(H,96,97)(H,101,102)(H,103,104)(H2,71,75,76)(H2,98,99,100). The molecule has 3 aromatic rings. The molecule has 8 amide bonds. The highest BCUT2D eigenvalue weighted by Crippen LogP contribution is 2.61. The Balaban J connectivity index is 1.00. The van der Waals surface area contributed by atoms with Crippen molar-refractivity contribution in [2.75, 3.05) is 79.2 Å². The number of nitrogens with two attached hydrogens (primary N) is 1. The number of carbonyl (C=O) groups is 10. The second kappa shape index (κ2) is 45.1. The zero-order valence-corrected chi connectivity index (χ0v) is 70.3. The van der Waals surface area contributed by atoms with Gasteiger partial charge in [-0.3, -0.25) is 61.3 Å². The Morgan fingerprint density at radius 1 is 0.774 bits per heavy atom. The molecule has 17 unspecified atom stereocenters. The van der Waals surface area contributed by atoms with E-state index in [2.05, 4.69) is 50.4 Å². The van der Waals surface area contributed by atoms with Crippen molar-refractivity contribution in [1.29, 1.82) is 0 Å². The summed E-state index contributed by atoms with van der Waals surface area (Å²) >= 11 is 0.883. The Bertz CT molecular complexity index is 3920. The van der Waals surface area contributed by atoms with Gasteiger partial charge in [0.15, 0.2) is 17.7 Å². The quantitative estimate of drug-likeness (QED) is 0.0284. The maximum Gasteiger partial charge on any atom is 0.481 e. The number of hydrogen-bond acceptors (Lipinski definition) is 27. The summed E-state index contributed by atoms with van der Waals surface area (Å²) in [5.74, 6) is -8.83. The van der Waals surface area contributed by atoms with Crippen molar-refractivity contribution >= 4 is 111 Å². The van der Waals surface area contributed by atoms with Gasteiger partial charge in [0, 0.05) is 91.3 Å². The first-order valence-corrected chi connectivity index (χ1v) is 43.1. The number of carbonyl (C=O) groups excluding carboxylic acids is 8. The van der Waals surface area contributed by atoms with E-state index < -0.39 is 192 Å². The number of phosphoric ester groups is 3. The van der Waals surface area contributed by atoms with Gasteiger partial charge in [-0.2, -0.15) is 4.31 Å². The second-order valence-electron chi connectivity index (χ2n) is 29.7. The number of aliphatic carboxylic acids is 2. The number of rotatable bonds is 50. The third-order valence-electron chi connectivity index (χ3n) is 20.0. The lowest BCUT2D eigenvalue weighted by atomic mass is 9.87. The predicted molar refractivity (Wildman–Crippen MR) is 414 cm³/mol. The molecule has 4 heterocycles. The number of nitrogens with zero attached hydrogens (tertiary/aromatic N) is 7. The third kappa shape index (κ3) is 29.4. The molecular formula is C70H114N13O28P3S. The number of ether oxygens (including phenoxy) is 3. The largest absolute Gasteiger partial charge is 0.481 e. The number of methoxy groups -OCH3 is 2. The number of carboxylic acid groups (broad SMARTS) is 2. The van der Waals surface area contributed by atoms with Gasteiger partial charge in [-0.15, -0.1) is 11.8 Å². The van der Waals surface area contributed by atoms with Crippen LogP contribution in [0.1, 0.15) is 138 Å². The zero-order chi connectivity index (χ0) is 86.2. The van der Waals surface area contributed by atoms with E-state index in [9.17, 15) is 102 Å². The summed E-state index contributed by atoms with van der Waals surface area (Å²) in [6.07, 6.45) is -6.56. The van der Waals surface area contributed by atoms with E-state index in [1.807, 2.05) is 13.8 Å². The molecule has 0 bridgehead atoms. The van der Waals surface area contributed by atoms with Gasteiger partial charge in [0.2, 0.25) is 47.3 Å². The average Bonchev–Trinajstić information content (AvgIpc) is 1.66. The molecule has 0 spiro atoms. The topological polar surface area (TPSA) is 588 Å². The van der Waals surface area contributed by atoms with Crippen molar-refractivity contribution in [3.63, 3.8) is 0 Å². The van der Waals surface area contributed by atoms with E-state index in [1.165, 1.54) is 44.9 Å². The van der Waals surface area contributed by atoms with E-state index in [0.29, 0.717) is 45.1 Å². The molecule has 15 N–H and O–H groups in total. The van der Waals surface area contributed by atoms with Crippen LogP contribution in [0.25, 0.3) is 11.2 Å². The summed E-state index contributed by atoms with van der Waals surface area (Å²) in [6, 6.07) is 4.45. The van der Waals surface area contributed by atoms with Crippen LogP contribution in [0.5, 0.6) is 0 Å². The molecule has 2 fully saturated rings. The predicted octanol–water partition coefficient (Wildman–Crippen LogP) is 2.01. The number of fused-ring (bicyclic) bond motifs is 1. The van der Waals surface area contributed by atoms with Crippen LogP contribution in [0.4, 0.5) is 5.82 Å². The van der Waals surface area contributed by atoms with Gasteiger partial charge in [0.25, 0.3) is 0 Å². The maximum atomic E-state index is 14.8. The monoisotopic (exact) mass is 1710 g/mol. The number of carboxylic acids is 2. The van der Waals surface area contributed by atoms with Crippen molar-refractivity contribution in [2.24, 2.45) is 29.1 Å². The smallest absolute Gasteiger partial charge is 0.480 e. The Morgan fingerprint density at radius 2 is 1.43 bits per heavy atom. The Morgan fingerprint density at radius 3 is 2.04 bits per heavy atom. The van der Waals surface area contributed by atoms with Gasteiger partial charge < -0.3 is 101 Å². The summed E-state index contributed by atoms with van der Waals surface area (Å²) < 4.78 is 74.8. The second-order valence-corrected chi connectivity index (χ2v) is 35.3. The van der Waals surface area contributed by atoms with Gasteiger partial charge in [-0.25, -0.2) is 33.4 Å². The summed E-state index contributed by atoms with van der Waals surface area (Å²) in [4.78, 5) is 190. The number of nitrogen functional groups attached to an aromatic ring is 1. The number of benzene rings is 1. The number of aromatic nitrogens is 4. The van der Waals surface area contributed by atoms with Gasteiger partial charge in [0.05, 0.1) is 56.2 Å². The van der Waals surface area contributed by atoms with Crippen molar-refractivity contribution in [3.8, 4) is 0 Å². The first-order chi connectivity index (χ1) is 53.8. The van der Waals surface area contributed by atoms with Crippen LogP contribution in [0.3, 0.4) is 0 Å². The van der Waals surface area contributed by atoms with E-state index in [0.717, 1.165) is 34.5 Å². The van der Waals surface area contributed by atoms with Crippen LogP contribution >= 0.6 is 35.2 Å². The lowest BCUT2D eigenvalue weighted by Crippen LogP contribution is -2.60. The molecule has 1 aromatic carbocycles. The number of phosphoric acid groups is 3. The first kappa shape index (κ1) is 98.4. The van der Waals surface area contributed by atoms with Gasteiger partial charge in [-0.1, -0.05) is 105 Å². The number of aliphatic hydroxyl groups is 2. The van der Waals surface area contributed by atoms with Crippen LogP contribution in [-0.2, 0) is 100 Å². The van der Waals surface area contributed by atoms with Crippen molar-refractivity contribution in [2.45, 2.75) is 211 Å². The summed E-state index contributed by atoms with van der Waals surface area (Å²) in [6.45, 7) is 13.0. The van der Waals surface area contributed by atoms with Crippen molar-refractivity contribution in [3.05, 3.63) is 48.5 Å². The highest BCUT2D eigenvalue weighted by molar-refractivity contribution is 8.00. The van der Waals surface area contributed by atoms with Gasteiger partial charge >= 0.3 is 35.4 Å². The summed E-state index contributed by atoms with van der Waals surface area (Å²) in [5.41, 5.74) is 4.85. The van der Waals surface area contributed by atoms with E-state index in [-0.39, 0.29) is 85.8 Å². The number of amides is 8. The van der Waals surface area contributed by atoms with Crippen LogP contribution in [0.15, 0.2) is 43.0 Å². The fourth-order valence-corrected chi connectivity index (χ4v) is 17.2. The number of likely N-dealkylation sites (tertiary alicyclic amines) is 1. The number of unbranched alkanes of at least 4 members (excludes halogenated alkanes) is 2. The Labute approximate surface area is 671 Å².